The van der Waals surface area contributed by atoms with E-state index in [1.165, 1.54) is 12.1 Å². The number of thioether (sulfide) groups is 1. The van der Waals surface area contributed by atoms with E-state index in [4.69, 9.17) is 12.2 Å². The third-order valence-electron chi connectivity index (χ3n) is 2.65. The summed E-state index contributed by atoms with van der Waals surface area (Å²) in [4.78, 5) is 8.52. The van der Waals surface area contributed by atoms with Crippen LogP contribution in [0.3, 0.4) is 0 Å². The monoisotopic (exact) mass is 308 g/mol. The number of benzene rings is 1. The van der Waals surface area contributed by atoms with Crippen LogP contribution in [0.2, 0.25) is 0 Å². The van der Waals surface area contributed by atoms with Crippen molar-refractivity contribution in [2.24, 2.45) is 5.92 Å². The molecule has 0 unspecified atom stereocenters. The molecule has 1 aromatic heterocycles. The van der Waals surface area contributed by atoms with Crippen molar-refractivity contribution in [1.82, 2.24) is 9.97 Å². The lowest BCUT2D eigenvalue weighted by atomic mass is 10.1. The maximum absolute atomic E-state index is 13.1. The van der Waals surface area contributed by atoms with Crippen molar-refractivity contribution in [1.29, 1.82) is 0 Å². The molecule has 106 valence electrons. The van der Waals surface area contributed by atoms with E-state index in [1.807, 2.05) is 12.1 Å². The summed E-state index contributed by atoms with van der Waals surface area (Å²) in [5, 5.41) is 0. The number of H-pyrrole nitrogens is 1. The predicted molar refractivity (Wildman–Crippen MR) is 83.9 cm³/mol. The minimum absolute atomic E-state index is 0.218. The van der Waals surface area contributed by atoms with Crippen LogP contribution in [0.1, 0.15) is 25.4 Å². The number of hydrogen-bond acceptors (Lipinski definition) is 3. The first-order valence-electron chi connectivity index (χ1n) is 6.50. The Hall–Kier alpha value is -1.20. The Morgan fingerprint density at radius 1 is 1.35 bits per heavy atom. The fourth-order valence-corrected chi connectivity index (χ4v) is 2.95. The summed E-state index contributed by atoms with van der Waals surface area (Å²) in [7, 11) is 0. The van der Waals surface area contributed by atoms with Gasteiger partial charge in [-0.1, -0.05) is 32.1 Å². The molecule has 1 heterocycles. The van der Waals surface area contributed by atoms with Crippen molar-refractivity contribution in [3.05, 3.63) is 52.3 Å². The highest BCUT2D eigenvalue weighted by atomic mass is 32.2. The van der Waals surface area contributed by atoms with Gasteiger partial charge in [-0.05, 0) is 36.6 Å². The second-order valence-electron chi connectivity index (χ2n) is 5.04. The van der Waals surface area contributed by atoms with Crippen LogP contribution in [0.4, 0.5) is 4.39 Å². The van der Waals surface area contributed by atoms with Crippen molar-refractivity contribution in [3.8, 4) is 0 Å². The topological polar surface area (TPSA) is 28.7 Å². The summed E-state index contributed by atoms with van der Waals surface area (Å²) in [6, 6.07) is 8.48. The van der Waals surface area contributed by atoms with E-state index >= 15 is 0 Å². The van der Waals surface area contributed by atoms with Crippen molar-refractivity contribution < 1.29 is 4.39 Å². The van der Waals surface area contributed by atoms with E-state index in [0.29, 0.717) is 16.3 Å². The van der Waals surface area contributed by atoms with Crippen LogP contribution in [0.5, 0.6) is 0 Å². The number of nitrogens with one attached hydrogen (secondary N) is 1. The van der Waals surface area contributed by atoms with Gasteiger partial charge in [0.15, 0.2) is 0 Å². The van der Waals surface area contributed by atoms with Crippen molar-refractivity contribution >= 4 is 24.0 Å². The Kier molecular flexibility index (Phi) is 5.31. The van der Waals surface area contributed by atoms with Gasteiger partial charge >= 0.3 is 0 Å². The smallest absolute Gasteiger partial charge is 0.130 e. The molecule has 0 fully saturated rings. The van der Waals surface area contributed by atoms with Crippen LogP contribution in [0.15, 0.2) is 35.2 Å². The maximum Gasteiger partial charge on any atom is 0.130 e. The summed E-state index contributed by atoms with van der Waals surface area (Å²) in [6.45, 7) is 4.33. The van der Waals surface area contributed by atoms with E-state index in [2.05, 4.69) is 23.8 Å². The third kappa shape index (κ3) is 4.72. The second-order valence-corrected chi connectivity index (χ2v) is 6.50. The molecule has 2 rings (SSSR count). The second kappa shape index (κ2) is 6.99. The molecule has 0 spiro atoms. The largest absolute Gasteiger partial charge is 0.346 e. The standard InChI is InChI=1S/C15H17FN2S2/c1-10(2)6-12-8-15(19)18-14(17-12)9-20-13-5-3-4-11(16)7-13/h3-5,7-8,10H,6,9H2,1-2H3,(H,17,18,19). The lowest BCUT2D eigenvalue weighted by Gasteiger charge is -2.08. The van der Waals surface area contributed by atoms with E-state index in [0.717, 1.165) is 22.8 Å². The number of rotatable bonds is 5. The molecule has 0 saturated heterocycles. The first-order valence-corrected chi connectivity index (χ1v) is 7.90. The molecule has 1 aromatic carbocycles. The Bertz CT molecular complexity index is 638. The van der Waals surface area contributed by atoms with E-state index < -0.39 is 0 Å². The fraction of sp³-hybridized carbons (Fsp3) is 0.333. The molecule has 5 heteroatoms. The van der Waals surface area contributed by atoms with Crippen LogP contribution >= 0.6 is 24.0 Å². The average Bonchev–Trinajstić information content (AvgIpc) is 2.35. The van der Waals surface area contributed by atoms with Gasteiger partial charge < -0.3 is 4.98 Å². The molecule has 2 nitrogen and oxygen atoms in total. The first kappa shape index (κ1) is 15.2. The predicted octanol–water partition coefficient (Wildman–Crippen LogP) is 4.77. The first-order chi connectivity index (χ1) is 9.52. The van der Waals surface area contributed by atoms with Crippen LogP contribution in [0, 0.1) is 16.4 Å². The molecular formula is C15H17FN2S2. The molecule has 20 heavy (non-hydrogen) atoms. The molecule has 0 atom stereocenters. The highest BCUT2D eigenvalue weighted by Gasteiger charge is 2.04. The lowest BCUT2D eigenvalue weighted by Crippen LogP contribution is -2.02. The zero-order chi connectivity index (χ0) is 14.5. The Morgan fingerprint density at radius 3 is 2.85 bits per heavy atom. The molecule has 0 radical (unpaired) electrons. The molecule has 0 aliphatic carbocycles. The summed E-state index contributed by atoms with van der Waals surface area (Å²) in [5.41, 5.74) is 1.11. The van der Waals surface area contributed by atoms with Crippen LogP contribution in [-0.4, -0.2) is 9.97 Å². The molecule has 2 aromatic rings. The molecule has 0 saturated carbocycles. The number of nitrogens with zero attached hydrogens (tertiary/aromatic N) is 1. The highest BCUT2D eigenvalue weighted by Crippen LogP contribution is 2.22. The van der Waals surface area contributed by atoms with Gasteiger partial charge in [-0.15, -0.1) is 11.8 Å². The molecule has 0 amide bonds. The number of aromatic amines is 1. The minimum Gasteiger partial charge on any atom is -0.346 e. The lowest BCUT2D eigenvalue weighted by molar-refractivity contribution is 0.624. The van der Waals surface area contributed by atoms with Crippen LogP contribution in [-0.2, 0) is 12.2 Å². The zero-order valence-corrected chi connectivity index (χ0v) is 13.2. The molecule has 0 aliphatic rings. The van der Waals surface area contributed by atoms with Gasteiger partial charge in [-0.2, -0.15) is 0 Å². The van der Waals surface area contributed by atoms with E-state index in [1.54, 1.807) is 17.8 Å². The highest BCUT2D eigenvalue weighted by molar-refractivity contribution is 7.98. The SMILES string of the molecule is CC(C)Cc1cc(=S)nc(CSc2cccc(F)c2)[nH]1. The third-order valence-corrected chi connectivity index (χ3v) is 3.86. The Balaban J connectivity index is 2.09. The summed E-state index contributed by atoms with van der Waals surface area (Å²) in [5.74, 6) is 1.83. The van der Waals surface area contributed by atoms with Gasteiger partial charge in [0.2, 0.25) is 0 Å². The number of hydrogen-bond donors (Lipinski definition) is 1. The molecule has 0 aliphatic heterocycles. The van der Waals surface area contributed by atoms with Crippen LogP contribution < -0.4 is 0 Å². The van der Waals surface area contributed by atoms with Crippen LogP contribution in [0.25, 0.3) is 0 Å². The number of halogens is 1. The normalized spacial score (nSPS) is 11.0. The molecular weight excluding hydrogens is 291 g/mol. The number of aromatic nitrogens is 2. The van der Waals surface area contributed by atoms with Gasteiger partial charge in [-0.3, -0.25) is 0 Å². The van der Waals surface area contributed by atoms with Crippen molar-refractivity contribution in [2.75, 3.05) is 0 Å². The average molecular weight is 308 g/mol. The van der Waals surface area contributed by atoms with Gasteiger partial charge in [0.25, 0.3) is 0 Å². The maximum atomic E-state index is 13.1. The van der Waals surface area contributed by atoms with Gasteiger partial charge in [0, 0.05) is 10.6 Å². The van der Waals surface area contributed by atoms with E-state index in [9.17, 15) is 4.39 Å². The minimum atomic E-state index is -0.218. The summed E-state index contributed by atoms with van der Waals surface area (Å²) < 4.78 is 13.7. The van der Waals surface area contributed by atoms with Crippen molar-refractivity contribution in [2.45, 2.75) is 30.9 Å². The zero-order valence-electron chi connectivity index (χ0n) is 11.5. The van der Waals surface area contributed by atoms with Gasteiger partial charge in [0.1, 0.15) is 16.3 Å². The Labute approximate surface area is 127 Å². The molecule has 1 N–H and O–H groups in total. The quantitative estimate of drug-likeness (QED) is 0.637. The van der Waals surface area contributed by atoms with E-state index in [-0.39, 0.29) is 5.82 Å². The van der Waals surface area contributed by atoms with Gasteiger partial charge in [-0.25, -0.2) is 9.37 Å². The fourth-order valence-electron chi connectivity index (χ4n) is 1.89. The van der Waals surface area contributed by atoms with Crippen molar-refractivity contribution in [3.63, 3.8) is 0 Å². The summed E-state index contributed by atoms with van der Waals surface area (Å²) in [6.07, 6.45) is 0.948. The Morgan fingerprint density at radius 2 is 2.15 bits per heavy atom. The van der Waals surface area contributed by atoms with Gasteiger partial charge in [0.05, 0.1) is 5.75 Å². The summed E-state index contributed by atoms with van der Waals surface area (Å²) >= 11 is 6.74. The molecule has 0 bridgehead atoms.